The van der Waals surface area contributed by atoms with E-state index in [2.05, 4.69) is 20.9 Å². The van der Waals surface area contributed by atoms with Gasteiger partial charge < -0.3 is 4.42 Å². The predicted molar refractivity (Wildman–Crippen MR) is 57.1 cm³/mol. The van der Waals surface area contributed by atoms with Crippen LogP contribution >= 0.6 is 27.5 Å². The van der Waals surface area contributed by atoms with Gasteiger partial charge in [0.15, 0.2) is 11.4 Å². The zero-order valence-electron chi connectivity index (χ0n) is 6.96. The van der Waals surface area contributed by atoms with Gasteiger partial charge in [-0.15, -0.1) is 0 Å². The zero-order valence-corrected chi connectivity index (χ0v) is 9.30. The molecule has 1 heterocycles. The Kier molecular flexibility index (Phi) is 2.56. The Bertz CT molecular complexity index is 495. The van der Waals surface area contributed by atoms with Crippen LogP contribution in [0.15, 0.2) is 22.6 Å². The first-order valence-corrected chi connectivity index (χ1v) is 5.36. The van der Waals surface area contributed by atoms with Gasteiger partial charge in [-0.1, -0.05) is 15.9 Å². The molecule has 0 bridgehead atoms. The van der Waals surface area contributed by atoms with Crippen LogP contribution in [0, 0.1) is 0 Å². The number of rotatable bonds is 2. The van der Waals surface area contributed by atoms with Crippen LogP contribution in [0.4, 0.5) is 0 Å². The molecule has 5 heteroatoms. The Balaban J connectivity index is 2.55. The second kappa shape index (κ2) is 3.71. The molecule has 2 aromatic rings. The van der Waals surface area contributed by atoms with Crippen molar-refractivity contribution in [1.29, 1.82) is 0 Å². The monoisotopic (exact) mass is 273 g/mol. The highest BCUT2D eigenvalue weighted by Gasteiger charge is 2.08. The molecule has 1 aromatic heterocycles. The molecule has 0 spiro atoms. The smallest absolute Gasteiger partial charge is 0.293 e. The molecule has 0 saturated carbocycles. The summed E-state index contributed by atoms with van der Waals surface area (Å²) in [5, 5.41) is 0.382. The fourth-order valence-corrected chi connectivity index (χ4v) is 1.65. The van der Waals surface area contributed by atoms with E-state index in [4.69, 9.17) is 16.0 Å². The van der Waals surface area contributed by atoms with Gasteiger partial charge in [-0.2, -0.15) is 4.98 Å². The van der Waals surface area contributed by atoms with Gasteiger partial charge in [-0.25, -0.2) is 0 Å². The standard InChI is InChI=1S/C9H5BrClNO2/c10-4-7(13)5-1-2-8-6(3-5)12-9(11)14-8/h1-3H,4H2. The Hall–Kier alpha value is -0.870. The van der Waals surface area contributed by atoms with Crippen LogP contribution in [-0.4, -0.2) is 16.1 Å². The van der Waals surface area contributed by atoms with Crippen LogP contribution < -0.4 is 0 Å². The highest BCUT2D eigenvalue weighted by molar-refractivity contribution is 9.09. The molecule has 72 valence electrons. The minimum atomic E-state index is 0.00558. The van der Waals surface area contributed by atoms with E-state index < -0.39 is 0 Å². The second-order valence-electron chi connectivity index (χ2n) is 2.71. The molecule has 0 unspecified atom stereocenters. The van der Waals surface area contributed by atoms with Crippen LogP contribution in [0.1, 0.15) is 10.4 Å². The maximum atomic E-state index is 11.3. The number of carbonyl (C=O) groups excluding carboxylic acids is 1. The highest BCUT2D eigenvalue weighted by atomic mass is 79.9. The molecule has 3 nitrogen and oxygen atoms in total. The number of nitrogens with zero attached hydrogens (tertiary/aromatic N) is 1. The normalized spacial score (nSPS) is 10.7. The molecule has 2 rings (SSSR count). The van der Waals surface area contributed by atoms with E-state index in [9.17, 15) is 4.79 Å². The first-order valence-electron chi connectivity index (χ1n) is 3.86. The summed E-state index contributed by atoms with van der Waals surface area (Å²) >= 11 is 8.68. The van der Waals surface area contributed by atoms with Gasteiger partial charge in [0, 0.05) is 5.56 Å². The summed E-state index contributed by atoms with van der Waals surface area (Å²) in [7, 11) is 0. The molecule has 0 aliphatic heterocycles. The average molecular weight is 275 g/mol. The first kappa shape index (κ1) is 9.68. The van der Waals surface area contributed by atoms with Crippen LogP contribution in [0.3, 0.4) is 0 Å². The lowest BCUT2D eigenvalue weighted by molar-refractivity contribution is 0.102. The van der Waals surface area contributed by atoms with Gasteiger partial charge in [-0.3, -0.25) is 4.79 Å². The van der Waals surface area contributed by atoms with Crippen molar-refractivity contribution in [3.8, 4) is 0 Å². The molecule has 0 fully saturated rings. The number of carbonyl (C=O) groups is 1. The van der Waals surface area contributed by atoms with E-state index in [-0.39, 0.29) is 11.1 Å². The summed E-state index contributed by atoms with van der Waals surface area (Å²) in [5.41, 5.74) is 1.78. The van der Waals surface area contributed by atoms with E-state index in [0.29, 0.717) is 22.0 Å². The van der Waals surface area contributed by atoms with Crippen LogP contribution in [0.5, 0.6) is 0 Å². The Labute approximate surface area is 93.2 Å². The van der Waals surface area contributed by atoms with Crippen molar-refractivity contribution < 1.29 is 9.21 Å². The van der Waals surface area contributed by atoms with E-state index >= 15 is 0 Å². The summed E-state index contributed by atoms with van der Waals surface area (Å²) in [6.45, 7) is 0. The number of Topliss-reactive ketones (excluding diaryl/α,β-unsaturated/α-hetero) is 1. The fourth-order valence-electron chi connectivity index (χ4n) is 1.15. The molecule has 0 radical (unpaired) electrons. The largest absolute Gasteiger partial charge is 0.428 e. The Morgan fingerprint density at radius 2 is 2.36 bits per heavy atom. The first-order chi connectivity index (χ1) is 6.70. The van der Waals surface area contributed by atoms with Gasteiger partial charge in [0.05, 0.1) is 5.33 Å². The summed E-state index contributed by atoms with van der Waals surface area (Å²) in [6, 6.07) is 5.03. The molecular weight excluding hydrogens is 269 g/mol. The molecule has 0 aliphatic carbocycles. The summed E-state index contributed by atoms with van der Waals surface area (Å²) in [5.74, 6) is 0.00558. The second-order valence-corrected chi connectivity index (χ2v) is 3.59. The maximum absolute atomic E-state index is 11.3. The summed E-state index contributed by atoms with van der Waals surface area (Å²) in [6.07, 6.45) is 0. The average Bonchev–Trinajstić information content (AvgIpc) is 2.55. The molecule has 0 aliphatic rings. The summed E-state index contributed by atoms with van der Waals surface area (Å²) < 4.78 is 5.07. The van der Waals surface area contributed by atoms with Crippen LogP contribution in [0.2, 0.25) is 5.35 Å². The molecule has 0 saturated heterocycles. The highest BCUT2D eigenvalue weighted by Crippen LogP contribution is 2.20. The molecular formula is C9H5BrClNO2. The number of halogens is 2. The number of hydrogen-bond donors (Lipinski definition) is 0. The zero-order chi connectivity index (χ0) is 10.1. The van der Waals surface area contributed by atoms with Crippen molar-refractivity contribution in [2.45, 2.75) is 0 Å². The van der Waals surface area contributed by atoms with Gasteiger partial charge in [0.25, 0.3) is 5.35 Å². The van der Waals surface area contributed by atoms with E-state index in [1.54, 1.807) is 18.2 Å². The van der Waals surface area contributed by atoms with E-state index in [1.165, 1.54) is 0 Å². The predicted octanol–water partition coefficient (Wildman–Crippen LogP) is 3.06. The lowest BCUT2D eigenvalue weighted by Crippen LogP contribution is -1.98. The third-order valence-electron chi connectivity index (χ3n) is 1.80. The molecule has 1 aromatic carbocycles. The maximum Gasteiger partial charge on any atom is 0.293 e. The lowest BCUT2D eigenvalue weighted by Gasteiger charge is -1.94. The SMILES string of the molecule is O=C(CBr)c1ccc2oc(Cl)nc2c1. The number of ketones is 1. The minimum absolute atomic E-state index is 0.00558. The van der Waals surface area contributed by atoms with Crippen molar-refractivity contribution in [2.75, 3.05) is 5.33 Å². The van der Waals surface area contributed by atoms with Crippen molar-refractivity contribution in [3.63, 3.8) is 0 Å². The van der Waals surface area contributed by atoms with Gasteiger partial charge in [-0.05, 0) is 29.8 Å². The molecule has 0 amide bonds. The number of oxazole rings is 1. The van der Waals surface area contributed by atoms with Crippen molar-refractivity contribution in [3.05, 3.63) is 29.1 Å². The Morgan fingerprint density at radius 3 is 3.07 bits per heavy atom. The number of hydrogen-bond acceptors (Lipinski definition) is 3. The van der Waals surface area contributed by atoms with Crippen molar-refractivity contribution in [2.24, 2.45) is 0 Å². The van der Waals surface area contributed by atoms with Gasteiger partial charge in [0.2, 0.25) is 0 Å². The van der Waals surface area contributed by atoms with Crippen LogP contribution in [0.25, 0.3) is 11.1 Å². The third-order valence-corrected chi connectivity index (χ3v) is 2.48. The van der Waals surface area contributed by atoms with E-state index in [1.807, 2.05) is 0 Å². The minimum Gasteiger partial charge on any atom is -0.428 e. The topological polar surface area (TPSA) is 43.1 Å². The molecule has 14 heavy (non-hydrogen) atoms. The third kappa shape index (κ3) is 1.67. The number of fused-ring (bicyclic) bond motifs is 1. The molecule has 0 N–H and O–H groups in total. The van der Waals surface area contributed by atoms with E-state index in [0.717, 1.165) is 0 Å². The lowest BCUT2D eigenvalue weighted by atomic mass is 10.1. The van der Waals surface area contributed by atoms with Crippen molar-refractivity contribution >= 4 is 44.4 Å². The number of benzene rings is 1. The van der Waals surface area contributed by atoms with Gasteiger partial charge >= 0.3 is 0 Å². The van der Waals surface area contributed by atoms with Crippen LogP contribution in [-0.2, 0) is 0 Å². The quantitative estimate of drug-likeness (QED) is 0.624. The Morgan fingerprint density at radius 1 is 1.57 bits per heavy atom. The summed E-state index contributed by atoms with van der Waals surface area (Å²) in [4.78, 5) is 15.2. The van der Waals surface area contributed by atoms with Crippen molar-refractivity contribution in [1.82, 2.24) is 4.98 Å². The molecule has 0 atom stereocenters. The van der Waals surface area contributed by atoms with Gasteiger partial charge in [0.1, 0.15) is 5.52 Å². The number of aromatic nitrogens is 1. The number of alkyl halides is 1. The fraction of sp³-hybridized carbons (Fsp3) is 0.111.